The summed E-state index contributed by atoms with van der Waals surface area (Å²) >= 11 is 1.60. The van der Waals surface area contributed by atoms with Crippen molar-refractivity contribution in [3.05, 3.63) is 28.3 Å². The van der Waals surface area contributed by atoms with Gasteiger partial charge in [0, 0.05) is 18.3 Å². The summed E-state index contributed by atoms with van der Waals surface area (Å²) < 4.78 is 26.3. The van der Waals surface area contributed by atoms with Gasteiger partial charge in [-0.2, -0.15) is 11.8 Å². The zero-order valence-corrected chi connectivity index (χ0v) is 12.0. The summed E-state index contributed by atoms with van der Waals surface area (Å²) in [5.41, 5.74) is 5.06. The summed E-state index contributed by atoms with van der Waals surface area (Å²) in [5.74, 6) is 0.812. The van der Waals surface area contributed by atoms with E-state index in [1.807, 2.05) is 6.26 Å². The van der Waals surface area contributed by atoms with Gasteiger partial charge in [-0.25, -0.2) is 13.1 Å². The molecule has 7 nitrogen and oxygen atoms in total. The van der Waals surface area contributed by atoms with Crippen molar-refractivity contribution in [1.82, 2.24) is 4.72 Å². The molecule has 0 saturated heterocycles. The van der Waals surface area contributed by atoms with E-state index in [0.29, 0.717) is 6.42 Å². The highest BCUT2D eigenvalue weighted by Crippen LogP contribution is 2.25. The fraction of sp³-hybridized carbons (Fsp3) is 0.400. The van der Waals surface area contributed by atoms with E-state index >= 15 is 0 Å². The summed E-state index contributed by atoms with van der Waals surface area (Å²) in [7, 11) is -3.89. The van der Waals surface area contributed by atoms with Gasteiger partial charge in [0.25, 0.3) is 5.69 Å². The molecule has 0 saturated carbocycles. The van der Waals surface area contributed by atoms with Gasteiger partial charge in [-0.15, -0.1) is 0 Å². The minimum Gasteiger partial charge on any atom is -0.399 e. The highest BCUT2D eigenvalue weighted by molar-refractivity contribution is 7.98. The third-order valence-corrected chi connectivity index (χ3v) is 4.49. The molecule has 0 unspecified atom stereocenters. The Kier molecular flexibility index (Phi) is 5.58. The Morgan fingerprint density at radius 1 is 1.47 bits per heavy atom. The van der Waals surface area contributed by atoms with Crippen molar-refractivity contribution in [2.75, 3.05) is 24.3 Å². The number of nitrogens with zero attached hydrogens (tertiary/aromatic N) is 1. The molecule has 1 aromatic rings. The lowest BCUT2D eigenvalue weighted by atomic mass is 10.3. The lowest BCUT2D eigenvalue weighted by Gasteiger charge is -2.07. The Balaban J connectivity index is 2.98. The van der Waals surface area contributed by atoms with Crippen LogP contribution < -0.4 is 10.5 Å². The number of nitro benzene ring substituents is 1. The van der Waals surface area contributed by atoms with Crippen LogP contribution in [0.25, 0.3) is 0 Å². The summed E-state index contributed by atoms with van der Waals surface area (Å²) in [4.78, 5) is 9.73. The maximum absolute atomic E-state index is 12.0. The first-order valence-corrected chi connectivity index (χ1v) is 8.28. The lowest BCUT2D eigenvalue weighted by Crippen LogP contribution is -2.26. The van der Waals surface area contributed by atoms with Crippen molar-refractivity contribution in [2.24, 2.45) is 0 Å². The van der Waals surface area contributed by atoms with E-state index in [0.717, 1.165) is 17.9 Å². The smallest absolute Gasteiger partial charge is 0.291 e. The predicted molar refractivity (Wildman–Crippen MR) is 75.7 cm³/mol. The summed E-state index contributed by atoms with van der Waals surface area (Å²) in [5, 5.41) is 10.9. The van der Waals surface area contributed by atoms with Crippen molar-refractivity contribution in [3.8, 4) is 0 Å². The van der Waals surface area contributed by atoms with Crippen molar-refractivity contribution in [2.45, 2.75) is 11.3 Å². The van der Waals surface area contributed by atoms with Crippen molar-refractivity contribution in [3.63, 3.8) is 0 Å². The van der Waals surface area contributed by atoms with E-state index in [2.05, 4.69) is 4.72 Å². The average molecular weight is 305 g/mol. The molecule has 0 aliphatic carbocycles. The molecule has 19 heavy (non-hydrogen) atoms. The molecule has 0 atom stereocenters. The van der Waals surface area contributed by atoms with E-state index < -0.39 is 20.6 Å². The maximum atomic E-state index is 12.0. The average Bonchev–Trinajstić information content (AvgIpc) is 2.34. The number of hydrogen-bond acceptors (Lipinski definition) is 6. The number of benzene rings is 1. The number of nitrogens with two attached hydrogens (primary N) is 1. The second-order valence-electron chi connectivity index (χ2n) is 3.73. The van der Waals surface area contributed by atoms with Crippen LogP contribution >= 0.6 is 11.8 Å². The molecule has 0 aromatic heterocycles. The van der Waals surface area contributed by atoms with Gasteiger partial charge < -0.3 is 5.73 Å². The van der Waals surface area contributed by atoms with E-state index in [1.54, 1.807) is 11.8 Å². The molecule has 0 amide bonds. The van der Waals surface area contributed by atoms with Crippen LogP contribution in [0.3, 0.4) is 0 Å². The van der Waals surface area contributed by atoms with Crippen LogP contribution in [0.5, 0.6) is 0 Å². The van der Waals surface area contributed by atoms with Crippen LogP contribution in [-0.2, 0) is 10.0 Å². The van der Waals surface area contributed by atoms with Gasteiger partial charge in [0.05, 0.1) is 4.92 Å². The number of sulfonamides is 1. The van der Waals surface area contributed by atoms with Crippen molar-refractivity contribution >= 4 is 33.2 Å². The van der Waals surface area contributed by atoms with Gasteiger partial charge >= 0.3 is 0 Å². The van der Waals surface area contributed by atoms with Crippen molar-refractivity contribution < 1.29 is 13.3 Å². The molecular formula is C10H15N3O4S2. The molecule has 0 radical (unpaired) electrons. The minimum atomic E-state index is -3.89. The van der Waals surface area contributed by atoms with Gasteiger partial charge in [0.2, 0.25) is 10.0 Å². The van der Waals surface area contributed by atoms with E-state index in [1.165, 1.54) is 6.07 Å². The topological polar surface area (TPSA) is 115 Å². The SMILES string of the molecule is CSCCCNS(=O)(=O)c1ccc(N)cc1[N+](=O)[O-]. The number of nitro groups is 1. The predicted octanol–water partition coefficient (Wildman–Crippen LogP) is 1.21. The van der Waals surface area contributed by atoms with Gasteiger partial charge in [0.15, 0.2) is 4.90 Å². The summed E-state index contributed by atoms with van der Waals surface area (Å²) in [6.45, 7) is 0.241. The summed E-state index contributed by atoms with van der Waals surface area (Å²) in [6, 6.07) is 3.50. The first-order valence-electron chi connectivity index (χ1n) is 5.41. The second kappa shape index (κ2) is 6.73. The highest BCUT2D eigenvalue weighted by atomic mass is 32.2. The fourth-order valence-electron chi connectivity index (χ4n) is 1.41. The van der Waals surface area contributed by atoms with Gasteiger partial charge in [-0.05, 0) is 30.6 Å². The van der Waals surface area contributed by atoms with Crippen LogP contribution in [0.1, 0.15) is 6.42 Å². The first kappa shape index (κ1) is 15.7. The second-order valence-corrected chi connectivity index (χ2v) is 6.45. The normalized spacial score (nSPS) is 11.4. The third-order valence-electron chi connectivity index (χ3n) is 2.29. The van der Waals surface area contributed by atoms with Gasteiger partial charge in [0.1, 0.15) is 0 Å². The van der Waals surface area contributed by atoms with Crippen LogP contribution in [0.2, 0.25) is 0 Å². The molecule has 0 bridgehead atoms. The molecule has 0 heterocycles. The minimum absolute atomic E-state index is 0.146. The number of nitrogens with one attached hydrogen (secondary N) is 1. The molecule has 0 fully saturated rings. The van der Waals surface area contributed by atoms with Crippen LogP contribution in [-0.4, -0.2) is 31.9 Å². The van der Waals surface area contributed by atoms with E-state index in [-0.39, 0.29) is 17.1 Å². The standard InChI is InChI=1S/C10H15N3O4S2/c1-18-6-2-5-12-19(16,17)10-4-3-8(11)7-9(10)13(14)15/h3-4,7,12H,2,5-6,11H2,1H3. The molecular weight excluding hydrogens is 290 g/mol. The zero-order chi connectivity index (χ0) is 14.5. The van der Waals surface area contributed by atoms with E-state index in [4.69, 9.17) is 5.73 Å². The zero-order valence-electron chi connectivity index (χ0n) is 10.3. The fourth-order valence-corrected chi connectivity index (χ4v) is 3.06. The number of hydrogen-bond donors (Lipinski definition) is 2. The number of thioether (sulfide) groups is 1. The maximum Gasteiger partial charge on any atom is 0.291 e. The quantitative estimate of drug-likeness (QED) is 0.338. The van der Waals surface area contributed by atoms with Gasteiger partial charge in [-0.3, -0.25) is 10.1 Å². The lowest BCUT2D eigenvalue weighted by molar-refractivity contribution is -0.387. The molecule has 1 rings (SSSR count). The van der Waals surface area contributed by atoms with E-state index in [9.17, 15) is 18.5 Å². The molecule has 106 valence electrons. The molecule has 1 aromatic carbocycles. The molecule has 0 spiro atoms. The Morgan fingerprint density at radius 3 is 2.74 bits per heavy atom. The van der Waals surface area contributed by atoms with Gasteiger partial charge in [-0.1, -0.05) is 0 Å². The van der Waals surface area contributed by atoms with Crippen molar-refractivity contribution in [1.29, 1.82) is 0 Å². The highest BCUT2D eigenvalue weighted by Gasteiger charge is 2.25. The van der Waals surface area contributed by atoms with Crippen LogP contribution in [0, 0.1) is 10.1 Å². The Bertz CT molecular complexity index is 560. The summed E-state index contributed by atoms with van der Waals surface area (Å²) in [6.07, 6.45) is 2.57. The molecule has 3 N–H and O–H groups in total. The molecule has 0 aliphatic rings. The molecule has 9 heteroatoms. The Morgan fingerprint density at radius 2 is 2.16 bits per heavy atom. The third kappa shape index (κ3) is 4.37. The Hall–Kier alpha value is -1.32. The Labute approximate surface area is 115 Å². The van der Waals surface area contributed by atoms with Crippen LogP contribution in [0.4, 0.5) is 11.4 Å². The number of nitrogen functional groups attached to an aromatic ring is 1. The number of rotatable bonds is 7. The molecule has 0 aliphatic heterocycles. The monoisotopic (exact) mass is 305 g/mol. The first-order chi connectivity index (χ1) is 8.88. The van der Waals surface area contributed by atoms with Crippen LogP contribution in [0.15, 0.2) is 23.1 Å². The largest absolute Gasteiger partial charge is 0.399 e. The number of anilines is 1.